The van der Waals surface area contributed by atoms with Gasteiger partial charge in [-0.3, -0.25) is 14.5 Å². The second-order valence-electron chi connectivity index (χ2n) is 6.59. The van der Waals surface area contributed by atoms with E-state index in [4.69, 9.17) is 0 Å². The number of hydrogen-bond acceptors (Lipinski definition) is 3. The van der Waals surface area contributed by atoms with Gasteiger partial charge in [0.25, 0.3) is 0 Å². The molecule has 100 valence electrons. The van der Waals surface area contributed by atoms with Gasteiger partial charge in [0.05, 0.1) is 13.1 Å². The average Bonchev–Trinajstić information content (AvgIpc) is 2.13. The molecule has 0 atom stereocenters. The molecule has 0 aliphatic carbocycles. The highest BCUT2D eigenvalue weighted by atomic mass is 16.1. The Labute approximate surface area is 106 Å². The predicted octanol–water partition coefficient (Wildman–Crippen LogP) is 2.68. The number of Topliss-reactive ketones (excluding diaryl/α,β-unsaturated/α-hetero) is 2. The maximum absolute atomic E-state index is 12.0. The first kappa shape index (κ1) is 16.3. The zero-order valence-corrected chi connectivity index (χ0v) is 12.4. The van der Waals surface area contributed by atoms with Crippen molar-refractivity contribution in [2.75, 3.05) is 13.1 Å². The number of rotatable bonds is 5. The molecule has 0 radical (unpaired) electrons. The summed E-state index contributed by atoms with van der Waals surface area (Å²) in [7, 11) is 0. The van der Waals surface area contributed by atoms with E-state index in [0.29, 0.717) is 19.5 Å². The Morgan fingerprint density at radius 1 is 0.941 bits per heavy atom. The van der Waals surface area contributed by atoms with Crippen LogP contribution in [0.25, 0.3) is 0 Å². The van der Waals surface area contributed by atoms with Crippen molar-refractivity contribution in [3.63, 3.8) is 0 Å². The average molecular weight is 241 g/mol. The molecule has 3 heteroatoms. The fraction of sp³-hybridized carbons (Fsp3) is 0.857. The number of hydrogen-bond donors (Lipinski definition) is 0. The minimum atomic E-state index is -0.348. The molecule has 0 fully saturated rings. The number of nitrogens with zero attached hydrogens (tertiary/aromatic N) is 1. The Kier molecular flexibility index (Phi) is 5.53. The number of carbonyl (C=O) groups excluding carboxylic acids is 2. The molecular formula is C14H27NO2. The second-order valence-corrected chi connectivity index (χ2v) is 6.59. The topological polar surface area (TPSA) is 37.4 Å². The van der Waals surface area contributed by atoms with Gasteiger partial charge in [0, 0.05) is 17.4 Å². The van der Waals surface area contributed by atoms with E-state index < -0.39 is 0 Å². The highest BCUT2D eigenvalue weighted by Crippen LogP contribution is 2.19. The first-order valence-electron chi connectivity index (χ1n) is 6.28. The molecular weight excluding hydrogens is 214 g/mol. The molecule has 0 rings (SSSR count). The van der Waals surface area contributed by atoms with Crippen LogP contribution in [0.15, 0.2) is 0 Å². The van der Waals surface area contributed by atoms with Gasteiger partial charge >= 0.3 is 0 Å². The first-order valence-corrected chi connectivity index (χ1v) is 6.28. The molecule has 0 saturated carbocycles. The Bertz CT molecular complexity index is 282. The van der Waals surface area contributed by atoms with Crippen LogP contribution in [0.2, 0.25) is 0 Å². The van der Waals surface area contributed by atoms with Crippen LogP contribution in [-0.4, -0.2) is 35.1 Å². The van der Waals surface area contributed by atoms with E-state index in [1.54, 1.807) is 0 Å². The molecule has 0 spiro atoms. The molecule has 0 unspecified atom stereocenters. The lowest BCUT2D eigenvalue weighted by Crippen LogP contribution is -2.48. The van der Waals surface area contributed by atoms with E-state index in [1.165, 1.54) is 0 Å². The highest BCUT2D eigenvalue weighted by molar-refractivity contribution is 5.86. The van der Waals surface area contributed by atoms with Crippen LogP contribution in [-0.2, 0) is 9.59 Å². The molecule has 0 N–H and O–H groups in total. The van der Waals surface area contributed by atoms with Crippen LogP contribution in [0.1, 0.15) is 54.9 Å². The lowest BCUT2D eigenvalue weighted by Gasteiger charge is -2.36. The third kappa shape index (κ3) is 5.97. The summed E-state index contributed by atoms with van der Waals surface area (Å²) in [5, 5.41) is 0. The maximum Gasteiger partial charge on any atom is 0.152 e. The third-order valence-electron chi connectivity index (χ3n) is 2.88. The van der Waals surface area contributed by atoms with Gasteiger partial charge in [-0.05, 0) is 20.8 Å². The minimum absolute atomic E-state index is 0.161. The third-order valence-corrected chi connectivity index (χ3v) is 2.88. The van der Waals surface area contributed by atoms with Crippen molar-refractivity contribution in [1.29, 1.82) is 0 Å². The molecule has 0 bridgehead atoms. The molecule has 0 amide bonds. The Morgan fingerprint density at radius 2 is 1.41 bits per heavy atom. The largest absolute Gasteiger partial charge is 0.298 e. The zero-order chi connectivity index (χ0) is 13.9. The molecule has 0 saturated heterocycles. The van der Waals surface area contributed by atoms with E-state index in [1.807, 2.05) is 53.4 Å². The van der Waals surface area contributed by atoms with Crippen molar-refractivity contribution in [3.05, 3.63) is 0 Å². The quantitative estimate of drug-likeness (QED) is 0.742. The summed E-state index contributed by atoms with van der Waals surface area (Å²) >= 11 is 0. The summed E-state index contributed by atoms with van der Waals surface area (Å²) in [6, 6.07) is 0. The summed E-state index contributed by atoms with van der Waals surface area (Å²) in [5.41, 5.74) is -0.509. The summed E-state index contributed by atoms with van der Waals surface area (Å²) in [6.07, 6.45) is 0.524. The van der Waals surface area contributed by atoms with E-state index in [-0.39, 0.29) is 22.5 Å². The van der Waals surface area contributed by atoms with Gasteiger partial charge < -0.3 is 0 Å². The van der Waals surface area contributed by atoms with Crippen molar-refractivity contribution >= 4 is 11.6 Å². The first-order chi connectivity index (χ1) is 7.48. The maximum atomic E-state index is 12.0. The summed E-state index contributed by atoms with van der Waals surface area (Å²) in [5.74, 6) is 0.359. The molecule has 17 heavy (non-hydrogen) atoms. The fourth-order valence-corrected chi connectivity index (χ4v) is 1.27. The van der Waals surface area contributed by atoms with Crippen LogP contribution in [0, 0.1) is 5.41 Å². The minimum Gasteiger partial charge on any atom is -0.298 e. The van der Waals surface area contributed by atoms with Gasteiger partial charge in [-0.2, -0.15) is 0 Å². The predicted molar refractivity (Wildman–Crippen MR) is 71.1 cm³/mol. The van der Waals surface area contributed by atoms with Gasteiger partial charge in [-0.1, -0.05) is 27.7 Å². The molecule has 0 aliphatic rings. The van der Waals surface area contributed by atoms with Gasteiger partial charge in [0.1, 0.15) is 5.78 Å². The lowest BCUT2D eigenvalue weighted by molar-refractivity contribution is -0.130. The van der Waals surface area contributed by atoms with Crippen molar-refractivity contribution in [2.24, 2.45) is 5.41 Å². The molecule has 0 aromatic rings. The van der Waals surface area contributed by atoms with Gasteiger partial charge in [-0.15, -0.1) is 0 Å². The molecule has 0 aliphatic heterocycles. The zero-order valence-electron chi connectivity index (χ0n) is 12.4. The van der Waals surface area contributed by atoms with Gasteiger partial charge in [0.15, 0.2) is 5.78 Å². The smallest absolute Gasteiger partial charge is 0.152 e. The standard InChI is InChI=1S/C14H27NO2/c1-8-11(16)9-15(14(5,6)7)10-12(17)13(2,3)4/h8-10H2,1-7H3. The summed E-state index contributed by atoms with van der Waals surface area (Å²) < 4.78 is 0. The molecule has 0 aromatic heterocycles. The number of ketones is 2. The molecule has 3 nitrogen and oxygen atoms in total. The van der Waals surface area contributed by atoms with E-state index in [0.717, 1.165) is 0 Å². The second kappa shape index (κ2) is 5.76. The van der Waals surface area contributed by atoms with Crippen molar-refractivity contribution in [1.82, 2.24) is 4.90 Å². The lowest BCUT2D eigenvalue weighted by atomic mass is 9.89. The van der Waals surface area contributed by atoms with Gasteiger partial charge in [-0.25, -0.2) is 0 Å². The molecule has 0 heterocycles. The molecule has 0 aromatic carbocycles. The summed E-state index contributed by atoms with van der Waals surface area (Å²) in [4.78, 5) is 25.6. The monoisotopic (exact) mass is 241 g/mol. The van der Waals surface area contributed by atoms with Crippen molar-refractivity contribution in [3.8, 4) is 0 Å². The number of carbonyl (C=O) groups is 2. The van der Waals surface area contributed by atoms with E-state index >= 15 is 0 Å². The Hall–Kier alpha value is -0.700. The van der Waals surface area contributed by atoms with E-state index in [9.17, 15) is 9.59 Å². The van der Waals surface area contributed by atoms with Crippen LogP contribution in [0.5, 0.6) is 0 Å². The van der Waals surface area contributed by atoms with Crippen molar-refractivity contribution < 1.29 is 9.59 Å². The van der Waals surface area contributed by atoms with E-state index in [2.05, 4.69) is 0 Å². The Balaban J connectivity index is 4.74. The van der Waals surface area contributed by atoms with Crippen LogP contribution in [0.4, 0.5) is 0 Å². The van der Waals surface area contributed by atoms with Crippen LogP contribution >= 0.6 is 0 Å². The SMILES string of the molecule is CCC(=O)CN(CC(=O)C(C)(C)C)C(C)(C)C. The highest BCUT2D eigenvalue weighted by Gasteiger charge is 2.29. The van der Waals surface area contributed by atoms with Gasteiger partial charge in [0.2, 0.25) is 0 Å². The normalized spacial score (nSPS) is 12.9. The van der Waals surface area contributed by atoms with Crippen LogP contribution < -0.4 is 0 Å². The summed E-state index contributed by atoms with van der Waals surface area (Å²) in [6.45, 7) is 14.4. The fourth-order valence-electron chi connectivity index (χ4n) is 1.27. The van der Waals surface area contributed by atoms with Crippen molar-refractivity contribution in [2.45, 2.75) is 60.4 Å². The van der Waals surface area contributed by atoms with Crippen LogP contribution in [0.3, 0.4) is 0 Å². The Morgan fingerprint density at radius 3 is 1.71 bits per heavy atom.